The summed E-state index contributed by atoms with van der Waals surface area (Å²) in [6.07, 6.45) is -12.0. The number of aromatic hydroxyl groups is 3. The molecule has 1 saturated heterocycles. The third kappa shape index (κ3) is 6.50. The summed E-state index contributed by atoms with van der Waals surface area (Å²) < 4.78 is 21.8. The highest BCUT2D eigenvalue weighted by Gasteiger charge is 2.46. The van der Waals surface area contributed by atoms with Crippen LogP contribution in [0.4, 0.5) is 0 Å². The molecule has 4 rings (SSSR count). The van der Waals surface area contributed by atoms with E-state index in [1.807, 2.05) is 0 Å². The molecule has 1 aliphatic heterocycles. The molecular weight excluding hydrogens is 552 g/mol. The van der Waals surface area contributed by atoms with Gasteiger partial charge in [0.25, 0.3) is 0 Å². The summed E-state index contributed by atoms with van der Waals surface area (Å²) in [7, 11) is 0. The van der Waals surface area contributed by atoms with E-state index in [0.717, 1.165) is 12.1 Å². The van der Waals surface area contributed by atoms with Gasteiger partial charge >= 0.3 is 11.9 Å². The predicted octanol–water partition coefficient (Wildman–Crippen LogP) is -0.468. The number of carbonyl (C=O) groups excluding carboxylic acids is 1. The lowest BCUT2D eigenvalue weighted by atomic mass is 9.99. The first-order valence-electron chi connectivity index (χ1n) is 12.1. The van der Waals surface area contributed by atoms with Gasteiger partial charge in [0.2, 0.25) is 17.5 Å². The van der Waals surface area contributed by atoms with Crippen LogP contribution in [0.15, 0.2) is 45.6 Å². The van der Waals surface area contributed by atoms with Gasteiger partial charge in [-0.3, -0.25) is 14.4 Å². The van der Waals surface area contributed by atoms with E-state index in [9.17, 15) is 50.1 Å². The maximum atomic E-state index is 13.5. The van der Waals surface area contributed by atoms with E-state index in [2.05, 4.69) is 0 Å². The summed E-state index contributed by atoms with van der Waals surface area (Å²) in [4.78, 5) is 36.1. The van der Waals surface area contributed by atoms with Crippen LogP contribution in [-0.2, 0) is 19.1 Å². The van der Waals surface area contributed by atoms with Crippen LogP contribution in [-0.4, -0.2) is 96.2 Å². The Kier molecular flexibility index (Phi) is 8.65. The van der Waals surface area contributed by atoms with Crippen LogP contribution in [0, 0.1) is 0 Å². The van der Waals surface area contributed by atoms with Gasteiger partial charge in [-0.1, -0.05) is 0 Å². The van der Waals surface area contributed by atoms with Gasteiger partial charge in [0.1, 0.15) is 59.2 Å². The van der Waals surface area contributed by atoms with Gasteiger partial charge < -0.3 is 59.5 Å². The lowest BCUT2D eigenvalue weighted by Gasteiger charge is -2.39. The van der Waals surface area contributed by atoms with Crippen LogP contribution >= 0.6 is 0 Å². The first-order valence-corrected chi connectivity index (χ1v) is 12.1. The fraction of sp³-hybridized carbons (Fsp3) is 0.346. The number of hydrogen-bond donors (Lipinski definition) is 8. The molecule has 15 nitrogen and oxygen atoms in total. The normalized spacial score (nSPS) is 23.2. The average Bonchev–Trinajstić information content (AvgIpc) is 2.89. The van der Waals surface area contributed by atoms with Gasteiger partial charge in [0, 0.05) is 17.7 Å². The van der Waals surface area contributed by atoms with Gasteiger partial charge in [0.05, 0.1) is 18.9 Å². The van der Waals surface area contributed by atoms with Crippen molar-refractivity contribution in [1.29, 1.82) is 0 Å². The Balaban J connectivity index is 1.64. The molecule has 8 N–H and O–H groups in total. The number of fused-ring (bicyclic) bond motifs is 1. The summed E-state index contributed by atoms with van der Waals surface area (Å²) in [5, 5.41) is 79.0. The Labute approximate surface area is 229 Å². The van der Waals surface area contributed by atoms with Crippen molar-refractivity contribution in [2.45, 2.75) is 49.7 Å². The molecule has 41 heavy (non-hydrogen) atoms. The molecule has 0 radical (unpaired) electrons. The van der Waals surface area contributed by atoms with Crippen LogP contribution in [0.5, 0.6) is 23.0 Å². The van der Waals surface area contributed by atoms with Crippen molar-refractivity contribution in [1.82, 2.24) is 0 Å². The number of aliphatic hydroxyl groups is 4. The number of ether oxygens (including phenoxy) is 3. The second kappa shape index (κ2) is 12.0. The van der Waals surface area contributed by atoms with E-state index in [4.69, 9.17) is 23.7 Å². The summed E-state index contributed by atoms with van der Waals surface area (Å²) in [5.74, 6) is -4.49. The van der Waals surface area contributed by atoms with E-state index < -0.39 is 96.3 Å². The smallest absolute Gasteiger partial charge is 0.308 e. The number of esters is 1. The molecule has 0 saturated carbocycles. The molecule has 1 aliphatic rings. The topological polar surface area (TPSA) is 254 Å². The molecule has 0 spiro atoms. The predicted molar refractivity (Wildman–Crippen MR) is 134 cm³/mol. The van der Waals surface area contributed by atoms with Crippen LogP contribution in [0.25, 0.3) is 22.3 Å². The van der Waals surface area contributed by atoms with Gasteiger partial charge in [-0.2, -0.15) is 0 Å². The minimum absolute atomic E-state index is 0.120. The van der Waals surface area contributed by atoms with Crippen molar-refractivity contribution in [3.05, 3.63) is 46.6 Å². The Morgan fingerprint density at radius 2 is 1.61 bits per heavy atom. The lowest BCUT2D eigenvalue weighted by molar-refractivity contribution is -0.278. The second-order valence-corrected chi connectivity index (χ2v) is 9.25. The zero-order chi connectivity index (χ0) is 30.0. The number of hydrogen-bond acceptors (Lipinski definition) is 14. The van der Waals surface area contributed by atoms with Crippen LogP contribution < -0.4 is 10.2 Å². The number of carbonyl (C=O) groups is 2. The molecule has 0 aliphatic carbocycles. The van der Waals surface area contributed by atoms with Gasteiger partial charge in [-0.15, -0.1) is 0 Å². The molecule has 15 heteroatoms. The van der Waals surface area contributed by atoms with Crippen molar-refractivity contribution in [2.24, 2.45) is 0 Å². The minimum atomic E-state index is -1.95. The third-order valence-corrected chi connectivity index (χ3v) is 6.17. The number of phenolic OH excluding ortho intramolecular Hbond substituents is 3. The average molecular weight is 578 g/mol. The molecule has 1 aromatic heterocycles. The van der Waals surface area contributed by atoms with Crippen LogP contribution in [0.3, 0.4) is 0 Å². The van der Waals surface area contributed by atoms with Crippen LogP contribution in [0.2, 0.25) is 0 Å². The molecular formula is C26H26O15. The van der Waals surface area contributed by atoms with Gasteiger partial charge in [-0.25, -0.2) is 0 Å². The summed E-state index contributed by atoms with van der Waals surface area (Å²) >= 11 is 0. The van der Waals surface area contributed by atoms with E-state index in [1.165, 1.54) is 24.3 Å². The molecule has 1 unspecified atom stereocenters. The van der Waals surface area contributed by atoms with Crippen molar-refractivity contribution < 1.29 is 69.1 Å². The third-order valence-electron chi connectivity index (χ3n) is 6.17. The molecule has 220 valence electrons. The lowest BCUT2D eigenvalue weighted by Crippen LogP contribution is -2.60. The van der Waals surface area contributed by atoms with E-state index in [1.54, 1.807) is 0 Å². The highest BCUT2D eigenvalue weighted by Crippen LogP contribution is 2.37. The number of phenols is 3. The monoisotopic (exact) mass is 578 g/mol. The van der Waals surface area contributed by atoms with E-state index >= 15 is 0 Å². The highest BCUT2D eigenvalue weighted by molar-refractivity contribution is 5.88. The molecule has 0 amide bonds. The Bertz CT molecular complexity index is 1480. The quantitative estimate of drug-likeness (QED) is 0.149. The first kappa shape index (κ1) is 29.6. The fourth-order valence-corrected chi connectivity index (χ4v) is 4.15. The van der Waals surface area contributed by atoms with E-state index in [-0.39, 0.29) is 22.7 Å². The number of carboxylic acid groups (broad SMARTS) is 1. The second-order valence-electron chi connectivity index (χ2n) is 9.25. The number of rotatable bonds is 9. The maximum Gasteiger partial charge on any atom is 0.308 e. The molecule has 0 bridgehead atoms. The van der Waals surface area contributed by atoms with Crippen molar-refractivity contribution >= 4 is 22.9 Å². The summed E-state index contributed by atoms with van der Waals surface area (Å²) in [5.41, 5.74) is -1.03. The SMILES string of the molecule is O=C(O)CC(O)CC(=O)OC[C@H]1O[C@@H](Oc2c(-c3ccc(O)cc3)oc3cc(O)cc(O)c3c2=O)[C@H](O)[C@@H](O)[C@@H]1O. The summed E-state index contributed by atoms with van der Waals surface area (Å²) in [6.45, 7) is -0.722. The Hall–Kier alpha value is -4.41. The Morgan fingerprint density at radius 3 is 2.27 bits per heavy atom. The zero-order valence-electron chi connectivity index (χ0n) is 21.0. The largest absolute Gasteiger partial charge is 0.508 e. The molecule has 2 heterocycles. The molecule has 2 aromatic carbocycles. The molecule has 3 aromatic rings. The minimum Gasteiger partial charge on any atom is -0.508 e. The zero-order valence-corrected chi connectivity index (χ0v) is 21.0. The number of carboxylic acids is 1. The van der Waals surface area contributed by atoms with E-state index in [0.29, 0.717) is 0 Å². The number of benzene rings is 2. The van der Waals surface area contributed by atoms with Crippen molar-refractivity contribution in [3.63, 3.8) is 0 Å². The highest BCUT2D eigenvalue weighted by atomic mass is 16.7. The molecule has 6 atom stereocenters. The number of aliphatic hydroxyl groups excluding tert-OH is 4. The summed E-state index contributed by atoms with van der Waals surface area (Å²) in [6, 6.07) is 7.20. The standard InChI is InChI=1S/C26H26O15/c27-11-3-1-10(2-4-11)24-25(21(35)19-14(30)5-12(28)6-15(19)39-24)41-26-23(37)22(36)20(34)16(40-26)9-38-18(33)8-13(29)7-17(31)32/h1-6,13,16,20,22-23,26-30,34,36-37H,7-9H2,(H,31,32)/t13?,16-,20-,22+,23-,26+/m1/s1. The van der Waals surface area contributed by atoms with Crippen LogP contribution in [0.1, 0.15) is 12.8 Å². The fourth-order valence-electron chi connectivity index (χ4n) is 4.15. The maximum absolute atomic E-state index is 13.5. The van der Waals surface area contributed by atoms with Gasteiger partial charge in [0.15, 0.2) is 5.76 Å². The Morgan fingerprint density at radius 1 is 0.927 bits per heavy atom. The van der Waals surface area contributed by atoms with Crippen molar-refractivity contribution in [3.8, 4) is 34.3 Å². The van der Waals surface area contributed by atoms with Crippen molar-refractivity contribution in [2.75, 3.05) is 6.61 Å². The number of aliphatic carboxylic acids is 1. The molecule has 1 fully saturated rings. The van der Waals surface area contributed by atoms with Gasteiger partial charge in [-0.05, 0) is 24.3 Å². The first-order chi connectivity index (χ1) is 19.3.